The van der Waals surface area contributed by atoms with E-state index in [1.54, 1.807) is 0 Å². The van der Waals surface area contributed by atoms with Gasteiger partial charge in [-0.25, -0.2) is 0 Å². The van der Waals surface area contributed by atoms with Crippen molar-refractivity contribution in [2.24, 2.45) is 0 Å². The lowest BCUT2D eigenvalue weighted by atomic mass is 9.99. The summed E-state index contributed by atoms with van der Waals surface area (Å²) in [6.07, 6.45) is -19.0. The predicted molar refractivity (Wildman–Crippen MR) is 101 cm³/mol. The number of aliphatic hydroxyl groups is 11. The first-order valence-electron chi connectivity index (χ1n) is 10.5. The average Bonchev–Trinajstić information content (AvgIpc) is 3.23. The number of ether oxygens (including phenoxy) is 5. The Balaban J connectivity index is 1.87. The highest BCUT2D eigenvalue weighted by Crippen LogP contribution is 2.39. The second-order valence-corrected chi connectivity index (χ2v) is 8.43. The van der Waals surface area contributed by atoms with Gasteiger partial charge in [0.05, 0.1) is 19.8 Å². The third-order valence-corrected chi connectivity index (χ3v) is 6.27. The Bertz CT molecular complexity index is 668. The van der Waals surface area contributed by atoms with Gasteiger partial charge in [-0.1, -0.05) is 0 Å². The smallest absolute Gasteiger partial charge is 0.224 e. The SMILES string of the molecule is OC[C@H]1O[C@@](CO)(OC[C@@]2(O[C@H]3O[C@H](CO)[C@@H](O)[C@H](O)[C@H]3O)O[C@H](CO)[C@@H](O)[C@@H]2O)[C@@H](O)[C@@H]1O. The van der Waals surface area contributed by atoms with Crippen molar-refractivity contribution in [1.29, 1.82) is 0 Å². The Labute approximate surface area is 192 Å². The van der Waals surface area contributed by atoms with Crippen molar-refractivity contribution >= 4 is 0 Å². The van der Waals surface area contributed by atoms with Crippen LogP contribution in [0, 0.1) is 0 Å². The van der Waals surface area contributed by atoms with Crippen LogP contribution in [0.25, 0.3) is 0 Å². The maximum absolute atomic E-state index is 10.7. The maximum Gasteiger partial charge on any atom is 0.224 e. The fourth-order valence-electron chi connectivity index (χ4n) is 4.14. The van der Waals surface area contributed by atoms with Crippen molar-refractivity contribution in [2.75, 3.05) is 33.0 Å². The number of hydrogen-bond donors (Lipinski definition) is 11. The molecule has 0 bridgehead atoms. The van der Waals surface area contributed by atoms with Gasteiger partial charge in [-0.15, -0.1) is 0 Å². The van der Waals surface area contributed by atoms with Gasteiger partial charge < -0.3 is 79.9 Å². The molecule has 3 rings (SSSR count). The molecule has 13 atom stereocenters. The third-order valence-electron chi connectivity index (χ3n) is 6.27. The number of aliphatic hydroxyl groups excluding tert-OH is 11. The van der Waals surface area contributed by atoms with Crippen LogP contribution in [0.15, 0.2) is 0 Å². The van der Waals surface area contributed by atoms with Crippen molar-refractivity contribution in [1.82, 2.24) is 0 Å². The van der Waals surface area contributed by atoms with E-state index in [0.29, 0.717) is 0 Å². The zero-order valence-corrected chi connectivity index (χ0v) is 17.8. The molecular formula is C18H32O16. The van der Waals surface area contributed by atoms with Crippen LogP contribution in [0.2, 0.25) is 0 Å². The van der Waals surface area contributed by atoms with E-state index < -0.39 is 112 Å². The Morgan fingerprint density at radius 3 is 1.56 bits per heavy atom. The largest absolute Gasteiger partial charge is 0.394 e. The standard InChI is InChI=1S/C18H32O16/c19-1-6-9(23)12(26)13(27)16(31-6)34-18(15(29)11(25)8(3-21)33-18)5-30-17(4-22)14(28)10(24)7(2-20)32-17/h6-16,19-29H,1-5H2/t6-,7-,8-,9-,10-,11-,12+,13-,14+,15+,16-,17-,18+/m1/s1. The molecule has 0 amide bonds. The summed E-state index contributed by atoms with van der Waals surface area (Å²) in [6, 6.07) is 0. The van der Waals surface area contributed by atoms with Crippen molar-refractivity contribution in [3.8, 4) is 0 Å². The minimum absolute atomic E-state index is 0.750. The van der Waals surface area contributed by atoms with Crippen LogP contribution in [0.4, 0.5) is 0 Å². The topological polar surface area (TPSA) is 269 Å². The molecule has 3 aliphatic heterocycles. The first-order valence-corrected chi connectivity index (χ1v) is 10.5. The summed E-state index contributed by atoms with van der Waals surface area (Å²) >= 11 is 0. The monoisotopic (exact) mass is 504 g/mol. The molecule has 0 radical (unpaired) electrons. The van der Waals surface area contributed by atoms with E-state index in [-0.39, 0.29) is 0 Å². The van der Waals surface area contributed by atoms with E-state index >= 15 is 0 Å². The molecule has 16 heteroatoms. The van der Waals surface area contributed by atoms with Crippen LogP contribution in [0.3, 0.4) is 0 Å². The molecule has 200 valence electrons. The molecule has 3 saturated heterocycles. The second kappa shape index (κ2) is 10.8. The first-order chi connectivity index (χ1) is 16.0. The van der Waals surface area contributed by atoms with Crippen molar-refractivity contribution < 1.29 is 79.9 Å². The molecule has 3 aliphatic rings. The highest BCUT2D eigenvalue weighted by Gasteiger charge is 2.62. The van der Waals surface area contributed by atoms with Gasteiger partial charge in [0.1, 0.15) is 74.3 Å². The molecule has 3 heterocycles. The summed E-state index contributed by atoms with van der Waals surface area (Å²) in [5.74, 6) is -4.84. The zero-order valence-electron chi connectivity index (χ0n) is 17.8. The van der Waals surface area contributed by atoms with E-state index in [4.69, 9.17) is 23.7 Å². The van der Waals surface area contributed by atoms with Gasteiger partial charge in [0.15, 0.2) is 6.29 Å². The van der Waals surface area contributed by atoms with Crippen LogP contribution >= 0.6 is 0 Å². The van der Waals surface area contributed by atoms with Gasteiger partial charge in [-0.3, -0.25) is 0 Å². The van der Waals surface area contributed by atoms with Gasteiger partial charge in [0, 0.05) is 0 Å². The van der Waals surface area contributed by atoms with E-state index in [0.717, 1.165) is 0 Å². The van der Waals surface area contributed by atoms with Crippen LogP contribution in [-0.4, -0.2) is 168 Å². The van der Waals surface area contributed by atoms with Crippen molar-refractivity contribution in [3.05, 3.63) is 0 Å². The first kappa shape index (κ1) is 27.9. The van der Waals surface area contributed by atoms with E-state index in [2.05, 4.69) is 0 Å². The Morgan fingerprint density at radius 1 is 0.588 bits per heavy atom. The van der Waals surface area contributed by atoms with Gasteiger partial charge >= 0.3 is 0 Å². The Kier molecular flexibility index (Phi) is 8.85. The Hall–Kier alpha value is -0.640. The van der Waals surface area contributed by atoms with Crippen molar-refractivity contribution in [2.45, 2.75) is 78.9 Å². The molecule has 0 aliphatic carbocycles. The summed E-state index contributed by atoms with van der Waals surface area (Å²) in [6.45, 7) is -4.40. The molecule has 0 saturated carbocycles. The lowest BCUT2D eigenvalue weighted by Gasteiger charge is -2.44. The molecule has 16 nitrogen and oxygen atoms in total. The number of rotatable bonds is 9. The molecule has 0 aromatic carbocycles. The molecule has 0 aromatic rings. The van der Waals surface area contributed by atoms with E-state index in [9.17, 15) is 56.2 Å². The summed E-state index contributed by atoms with van der Waals surface area (Å²) in [4.78, 5) is 0. The minimum Gasteiger partial charge on any atom is -0.394 e. The highest BCUT2D eigenvalue weighted by atomic mass is 16.8. The molecule has 34 heavy (non-hydrogen) atoms. The summed E-state index contributed by atoms with van der Waals surface area (Å²) in [7, 11) is 0. The quantitative estimate of drug-likeness (QED) is 0.139. The lowest BCUT2D eigenvalue weighted by Crippen LogP contribution is -2.63. The Morgan fingerprint density at radius 2 is 1.09 bits per heavy atom. The van der Waals surface area contributed by atoms with Crippen LogP contribution in [-0.2, 0) is 23.7 Å². The van der Waals surface area contributed by atoms with E-state index in [1.165, 1.54) is 0 Å². The average molecular weight is 504 g/mol. The minimum atomic E-state index is -2.49. The second-order valence-electron chi connectivity index (χ2n) is 8.43. The fourth-order valence-corrected chi connectivity index (χ4v) is 4.14. The van der Waals surface area contributed by atoms with Crippen molar-refractivity contribution in [3.63, 3.8) is 0 Å². The molecule has 0 aromatic heterocycles. The van der Waals surface area contributed by atoms with Crippen LogP contribution in [0.1, 0.15) is 0 Å². The molecule has 3 fully saturated rings. The summed E-state index contributed by atoms with van der Waals surface area (Å²) in [5, 5.41) is 109. The lowest BCUT2D eigenvalue weighted by molar-refractivity contribution is -0.399. The van der Waals surface area contributed by atoms with Gasteiger partial charge in [-0.2, -0.15) is 0 Å². The highest BCUT2D eigenvalue weighted by molar-refractivity contribution is 5.01. The van der Waals surface area contributed by atoms with Gasteiger partial charge in [-0.05, 0) is 0 Å². The normalized spacial score (nSPS) is 51.8. The summed E-state index contributed by atoms with van der Waals surface area (Å²) in [5.41, 5.74) is 0. The maximum atomic E-state index is 10.7. The van der Waals surface area contributed by atoms with Crippen LogP contribution < -0.4 is 0 Å². The van der Waals surface area contributed by atoms with E-state index in [1.807, 2.05) is 0 Å². The molecule has 0 unspecified atom stereocenters. The van der Waals surface area contributed by atoms with Gasteiger partial charge in [0.2, 0.25) is 11.6 Å². The molecule has 0 spiro atoms. The third kappa shape index (κ3) is 4.71. The predicted octanol–water partition coefficient (Wildman–Crippen LogP) is -7.57. The summed E-state index contributed by atoms with van der Waals surface area (Å²) < 4.78 is 26.9. The molecule has 11 N–H and O–H groups in total. The van der Waals surface area contributed by atoms with Crippen LogP contribution in [0.5, 0.6) is 0 Å². The zero-order chi connectivity index (χ0) is 25.4. The fraction of sp³-hybridized carbons (Fsp3) is 1.00. The molecular weight excluding hydrogens is 472 g/mol. The number of hydrogen-bond acceptors (Lipinski definition) is 16. The van der Waals surface area contributed by atoms with Gasteiger partial charge in [0.25, 0.3) is 0 Å².